The minimum Gasteiger partial charge on any atom is -0.490 e. The lowest BCUT2D eigenvalue weighted by Crippen LogP contribution is -2.22. The summed E-state index contributed by atoms with van der Waals surface area (Å²) in [6.07, 6.45) is 1.61. The fourth-order valence-corrected chi connectivity index (χ4v) is 4.13. The van der Waals surface area contributed by atoms with E-state index in [2.05, 4.69) is 27.7 Å². The van der Waals surface area contributed by atoms with E-state index in [0.717, 1.165) is 14.7 Å². The first-order valence-electron chi connectivity index (χ1n) is 8.25. The third-order valence-electron chi connectivity index (χ3n) is 3.61. The summed E-state index contributed by atoms with van der Waals surface area (Å²) in [5.74, 6) is 1.57. The average molecular weight is 512 g/mol. The third kappa shape index (κ3) is 5.20. The van der Waals surface area contributed by atoms with E-state index in [9.17, 15) is 4.79 Å². The number of ether oxygens (including phenoxy) is 2. The zero-order chi connectivity index (χ0) is 19.2. The molecule has 3 rings (SSSR count). The van der Waals surface area contributed by atoms with Crippen molar-refractivity contribution in [1.29, 1.82) is 0 Å². The Balaban J connectivity index is 1.81. The van der Waals surface area contributed by atoms with Crippen LogP contribution in [0.15, 0.2) is 47.6 Å². The van der Waals surface area contributed by atoms with E-state index >= 15 is 0 Å². The van der Waals surface area contributed by atoms with Crippen molar-refractivity contribution in [3.8, 4) is 11.5 Å². The summed E-state index contributed by atoms with van der Waals surface area (Å²) in [4.78, 5) is 11.8. The van der Waals surface area contributed by atoms with Crippen molar-refractivity contribution in [2.24, 2.45) is 5.10 Å². The Morgan fingerprint density at radius 2 is 2.07 bits per heavy atom. The summed E-state index contributed by atoms with van der Waals surface area (Å²) in [6.45, 7) is 2.90. The van der Waals surface area contributed by atoms with E-state index in [1.165, 1.54) is 16.8 Å². The molecule has 0 atom stereocenters. The summed E-state index contributed by atoms with van der Waals surface area (Å²) < 4.78 is 13.1. The van der Waals surface area contributed by atoms with Gasteiger partial charge in [-0.3, -0.25) is 4.79 Å². The van der Waals surface area contributed by atoms with Gasteiger partial charge in [-0.1, -0.05) is 54.3 Å². The van der Waals surface area contributed by atoms with Crippen LogP contribution in [0.5, 0.6) is 11.5 Å². The number of hydrazone groups is 1. The molecular formula is C19H17IN2O3S2. The predicted molar refractivity (Wildman–Crippen MR) is 121 cm³/mol. The molecule has 1 saturated heterocycles. The molecule has 5 nitrogen and oxygen atoms in total. The van der Waals surface area contributed by atoms with Gasteiger partial charge in [-0.05, 0) is 52.8 Å². The second-order valence-corrected chi connectivity index (χ2v) is 8.31. The average Bonchev–Trinajstić information content (AvgIpc) is 2.98. The van der Waals surface area contributed by atoms with Gasteiger partial charge in [0, 0.05) is 0 Å². The molecular weight excluding hydrogens is 495 g/mol. The number of nitrogens with zero attached hydrogens (tertiary/aromatic N) is 2. The third-order valence-corrected chi connectivity index (χ3v) is 5.75. The number of carbonyl (C=O) groups excluding carboxylic acids is 1. The Labute approximate surface area is 181 Å². The van der Waals surface area contributed by atoms with Gasteiger partial charge >= 0.3 is 0 Å². The van der Waals surface area contributed by atoms with E-state index in [1.54, 1.807) is 6.21 Å². The standard InChI is InChI=1S/C19H17IN2O3S2/c1-2-24-16-9-14(10-21-22-17(23)12-27-19(22)26)8-15(20)18(16)25-11-13-6-4-3-5-7-13/h3-10H,2,11-12H2,1H3/b21-10+. The molecule has 1 aliphatic heterocycles. The van der Waals surface area contributed by atoms with Crippen molar-refractivity contribution in [2.45, 2.75) is 13.5 Å². The lowest BCUT2D eigenvalue weighted by Gasteiger charge is -2.15. The molecule has 27 heavy (non-hydrogen) atoms. The second kappa shape index (κ2) is 9.52. The molecule has 8 heteroatoms. The monoisotopic (exact) mass is 512 g/mol. The van der Waals surface area contributed by atoms with Crippen LogP contribution in [-0.2, 0) is 11.4 Å². The van der Waals surface area contributed by atoms with Crippen LogP contribution in [0.4, 0.5) is 0 Å². The van der Waals surface area contributed by atoms with Crippen LogP contribution in [0, 0.1) is 3.57 Å². The van der Waals surface area contributed by atoms with Crippen LogP contribution in [0.1, 0.15) is 18.1 Å². The number of thioether (sulfide) groups is 1. The Hall–Kier alpha value is -1.65. The maximum atomic E-state index is 11.8. The number of hydrogen-bond donors (Lipinski definition) is 0. The van der Waals surface area contributed by atoms with Gasteiger partial charge in [-0.25, -0.2) is 0 Å². The fraction of sp³-hybridized carbons (Fsp3) is 0.211. The van der Waals surface area contributed by atoms with Crippen LogP contribution in [-0.4, -0.2) is 33.8 Å². The number of benzene rings is 2. The number of carbonyl (C=O) groups is 1. The maximum absolute atomic E-state index is 11.8. The van der Waals surface area contributed by atoms with Crippen molar-refractivity contribution in [1.82, 2.24) is 5.01 Å². The zero-order valence-corrected chi connectivity index (χ0v) is 18.3. The number of thiocarbonyl (C=S) groups is 1. The van der Waals surface area contributed by atoms with Gasteiger partial charge in [0.2, 0.25) is 0 Å². The van der Waals surface area contributed by atoms with Gasteiger partial charge < -0.3 is 9.47 Å². The number of hydrogen-bond acceptors (Lipinski definition) is 6. The molecule has 0 aromatic heterocycles. The van der Waals surface area contributed by atoms with Gasteiger partial charge in [0.05, 0.1) is 22.1 Å². The largest absolute Gasteiger partial charge is 0.490 e. The minimum atomic E-state index is -0.108. The van der Waals surface area contributed by atoms with Crippen LogP contribution in [0.25, 0.3) is 0 Å². The molecule has 0 spiro atoms. The van der Waals surface area contributed by atoms with Crippen LogP contribution in [0.3, 0.4) is 0 Å². The molecule has 1 amide bonds. The zero-order valence-electron chi connectivity index (χ0n) is 14.6. The molecule has 1 aliphatic rings. The Kier molecular flexibility index (Phi) is 7.08. The van der Waals surface area contributed by atoms with Crippen molar-refractivity contribution < 1.29 is 14.3 Å². The van der Waals surface area contributed by atoms with Gasteiger partial charge in [-0.15, -0.1) is 0 Å². The number of amides is 1. The van der Waals surface area contributed by atoms with E-state index in [-0.39, 0.29) is 5.91 Å². The SMILES string of the molecule is CCOc1cc(/C=N/N2C(=O)CSC2=S)cc(I)c1OCc1ccccc1. The van der Waals surface area contributed by atoms with Gasteiger partial charge in [-0.2, -0.15) is 10.1 Å². The van der Waals surface area contributed by atoms with Crippen molar-refractivity contribution in [3.05, 3.63) is 57.2 Å². The maximum Gasteiger partial charge on any atom is 0.259 e. The van der Waals surface area contributed by atoms with Crippen molar-refractivity contribution in [2.75, 3.05) is 12.4 Å². The molecule has 0 N–H and O–H groups in total. The summed E-state index contributed by atoms with van der Waals surface area (Å²) in [5.41, 5.74) is 1.89. The Morgan fingerprint density at radius 3 is 2.74 bits per heavy atom. The summed E-state index contributed by atoms with van der Waals surface area (Å²) in [7, 11) is 0. The summed E-state index contributed by atoms with van der Waals surface area (Å²) >= 11 is 8.67. The van der Waals surface area contributed by atoms with E-state index in [1.807, 2.05) is 49.4 Å². The van der Waals surface area contributed by atoms with E-state index in [0.29, 0.717) is 34.8 Å². The lowest BCUT2D eigenvalue weighted by atomic mass is 10.2. The predicted octanol–water partition coefficient (Wildman–Crippen LogP) is 4.46. The Morgan fingerprint density at radius 1 is 1.30 bits per heavy atom. The first-order valence-corrected chi connectivity index (χ1v) is 10.7. The Bertz CT molecular complexity index is 859. The molecule has 2 aromatic carbocycles. The molecule has 0 aliphatic carbocycles. The van der Waals surface area contributed by atoms with Gasteiger partial charge in [0.1, 0.15) is 6.61 Å². The normalized spacial score (nSPS) is 14.2. The van der Waals surface area contributed by atoms with E-state index < -0.39 is 0 Å². The van der Waals surface area contributed by atoms with Crippen LogP contribution in [0.2, 0.25) is 0 Å². The van der Waals surface area contributed by atoms with Gasteiger partial charge in [0.25, 0.3) is 5.91 Å². The molecule has 0 bridgehead atoms. The highest BCUT2D eigenvalue weighted by atomic mass is 127. The van der Waals surface area contributed by atoms with Gasteiger partial charge in [0.15, 0.2) is 15.8 Å². The first kappa shape index (κ1) is 20.1. The summed E-state index contributed by atoms with van der Waals surface area (Å²) in [6, 6.07) is 13.8. The van der Waals surface area contributed by atoms with Crippen LogP contribution < -0.4 is 9.47 Å². The summed E-state index contributed by atoms with van der Waals surface area (Å²) in [5, 5.41) is 5.48. The topological polar surface area (TPSA) is 51.1 Å². The highest BCUT2D eigenvalue weighted by Crippen LogP contribution is 2.34. The molecule has 140 valence electrons. The highest BCUT2D eigenvalue weighted by Gasteiger charge is 2.26. The molecule has 0 radical (unpaired) electrons. The second-order valence-electron chi connectivity index (χ2n) is 5.54. The molecule has 1 fully saturated rings. The molecule has 2 aromatic rings. The minimum absolute atomic E-state index is 0.108. The molecule has 0 saturated carbocycles. The molecule has 0 unspecified atom stereocenters. The molecule has 1 heterocycles. The van der Waals surface area contributed by atoms with E-state index in [4.69, 9.17) is 21.7 Å². The van der Waals surface area contributed by atoms with Crippen LogP contribution >= 0.6 is 46.6 Å². The lowest BCUT2D eigenvalue weighted by molar-refractivity contribution is -0.123. The smallest absolute Gasteiger partial charge is 0.259 e. The van der Waals surface area contributed by atoms with Crippen molar-refractivity contribution in [3.63, 3.8) is 0 Å². The number of rotatable bonds is 7. The fourth-order valence-electron chi connectivity index (χ4n) is 2.38. The highest BCUT2D eigenvalue weighted by molar-refractivity contribution is 14.1. The quantitative estimate of drug-likeness (QED) is 0.312. The number of halogens is 1. The first-order chi connectivity index (χ1) is 13.1. The van der Waals surface area contributed by atoms with Crippen molar-refractivity contribution >= 4 is 63.0 Å².